The fraction of sp³-hybridized carbons (Fsp3) is 0.409. The molecule has 6 nitrogen and oxygen atoms in total. The molecule has 0 saturated carbocycles. The largest absolute Gasteiger partial charge is 0.495 e. The van der Waals surface area contributed by atoms with Gasteiger partial charge in [0.1, 0.15) is 11.8 Å². The highest BCUT2D eigenvalue weighted by molar-refractivity contribution is 7.92. The van der Waals surface area contributed by atoms with Gasteiger partial charge in [0, 0.05) is 5.02 Å². The number of carbonyl (C=O) groups excluding carboxylic acids is 1. The fourth-order valence-corrected chi connectivity index (χ4v) is 4.81. The highest BCUT2D eigenvalue weighted by atomic mass is 35.5. The lowest BCUT2D eigenvalue weighted by Crippen LogP contribution is -2.48. The SMILES string of the molecule is COc1ccc(Cl)cc1N([C@H](C)C(=O)N[C@@H](C)c1cc(C)c(C)cc1C)S(C)(=O)=O. The zero-order valence-electron chi connectivity index (χ0n) is 18.4. The number of sulfonamides is 1. The summed E-state index contributed by atoms with van der Waals surface area (Å²) < 4.78 is 31.5. The summed E-state index contributed by atoms with van der Waals surface area (Å²) in [5.41, 5.74) is 4.58. The van der Waals surface area contributed by atoms with Crippen LogP contribution in [0.4, 0.5) is 5.69 Å². The van der Waals surface area contributed by atoms with Crippen LogP contribution in [0.15, 0.2) is 30.3 Å². The number of nitrogens with zero attached hydrogens (tertiary/aromatic N) is 1. The molecule has 164 valence electrons. The first kappa shape index (κ1) is 24.0. The molecule has 8 heteroatoms. The smallest absolute Gasteiger partial charge is 0.244 e. The maximum Gasteiger partial charge on any atom is 0.244 e. The molecule has 0 bridgehead atoms. The van der Waals surface area contributed by atoms with E-state index in [4.69, 9.17) is 16.3 Å². The summed E-state index contributed by atoms with van der Waals surface area (Å²) in [5, 5.41) is 3.28. The third kappa shape index (κ3) is 5.26. The average molecular weight is 453 g/mol. The molecule has 0 unspecified atom stereocenters. The van der Waals surface area contributed by atoms with Crippen molar-refractivity contribution in [1.82, 2.24) is 5.32 Å². The molecule has 2 aromatic carbocycles. The van der Waals surface area contributed by atoms with Crippen molar-refractivity contribution in [1.29, 1.82) is 0 Å². The highest BCUT2D eigenvalue weighted by Gasteiger charge is 2.32. The molecule has 1 amide bonds. The first-order chi connectivity index (χ1) is 13.9. The third-order valence-electron chi connectivity index (χ3n) is 5.17. The van der Waals surface area contributed by atoms with Gasteiger partial charge in [-0.15, -0.1) is 0 Å². The summed E-state index contributed by atoms with van der Waals surface area (Å²) in [5.74, 6) is -0.116. The molecule has 2 atom stereocenters. The first-order valence-corrected chi connectivity index (χ1v) is 11.8. The van der Waals surface area contributed by atoms with Crippen LogP contribution >= 0.6 is 11.6 Å². The van der Waals surface area contributed by atoms with E-state index in [0.717, 1.165) is 27.3 Å². The lowest BCUT2D eigenvalue weighted by molar-refractivity contribution is -0.122. The predicted octanol–water partition coefficient (Wildman–Crippen LogP) is 4.31. The molecule has 0 radical (unpaired) electrons. The van der Waals surface area contributed by atoms with E-state index in [-0.39, 0.29) is 11.7 Å². The highest BCUT2D eigenvalue weighted by Crippen LogP contribution is 2.34. The Labute approximate surface area is 184 Å². The number of aryl methyl sites for hydroxylation is 3. The Hall–Kier alpha value is -2.25. The number of hydrogen-bond donors (Lipinski definition) is 1. The molecule has 0 saturated heterocycles. The monoisotopic (exact) mass is 452 g/mol. The molecule has 1 N–H and O–H groups in total. The Morgan fingerprint density at radius 2 is 1.67 bits per heavy atom. The zero-order valence-corrected chi connectivity index (χ0v) is 20.0. The van der Waals surface area contributed by atoms with E-state index < -0.39 is 22.0 Å². The van der Waals surface area contributed by atoms with Crippen molar-refractivity contribution in [2.75, 3.05) is 17.7 Å². The summed E-state index contributed by atoms with van der Waals surface area (Å²) in [6, 6.07) is 7.47. The Morgan fingerprint density at radius 3 is 2.23 bits per heavy atom. The summed E-state index contributed by atoms with van der Waals surface area (Å²) in [6.07, 6.45) is 1.05. The molecule has 2 rings (SSSR count). The van der Waals surface area contributed by atoms with Crippen molar-refractivity contribution >= 4 is 33.2 Å². The van der Waals surface area contributed by atoms with Gasteiger partial charge in [-0.3, -0.25) is 9.10 Å². The van der Waals surface area contributed by atoms with E-state index in [9.17, 15) is 13.2 Å². The van der Waals surface area contributed by atoms with Crippen LogP contribution in [-0.2, 0) is 14.8 Å². The second-order valence-corrected chi connectivity index (χ2v) is 9.87. The number of hydrogen-bond acceptors (Lipinski definition) is 4. The van der Waals surface area contributed by atoms with Crippen LogP contribution in [0, 0.1) is 20.8 Å². The lowest BCUT2D eigenvalue weighted by Gasteiger charge is -2.30. The minimum absolute atomic E-state index is 0.213. The van der Waals surface area contributed by atoms with Gasteiger partial charge in [0.25, 0.3) is 0 Å². The van der Waals surface area contributed by atoms with Gasteiger partial charge in [0.2, 0.25) is 15.9 Å². The van der Waals surface area contributed by atoms with Gasteiger partial charge >= 0.3 is 0 Å². The van der Waals surface area contributed by atoms with Crippen LogP contribution in [0.25, 0.3) is 0 Å². The fourth-order valence-electron chi connectivity index (χ4n) is 3.48. The van der Waals surface area contributed by atoms with E-state index in [1.54, 1.807) is 12.1 Å². The van der Waals surface area contributed by atoms with E-state index in [0.29, 0.717) is 10.8 Å². The summed E-state index contributed by atoms with van der Waals surface area (Å²) in [7, 11) is -2.37. The topological polar surface area (TPSA) is 75.7 Å². The molecule has 0 aliphatic rings. The number of anilines is 1. The number of halogens is 1. The minimum Gasteiger partial charge on any atom is -0.495 e. The number of rotatable bonds is 7. The van der Waals surface area contributed by atoms with Crippen molar-refractivity contribution in [3.63, 3.8) is 0 Å². The van der Waals surface area contributed by atoms with E-state index in [1.165, 1.54) is 25.7 Å². The van der Waals surface area contributed by atoms with Crippen LogP contribution in [0.3, 0.4) is 0 Å². The predicted molar refractivity (Wildman–Crippen MR) is 122 cm³/mol. The van der Waals surface area contributed by atoms with Crippen molar-refractivity contribution in [3.8, 4) is 5.75 Å². The molecular weight excluding hydrogens is 424 g/mol. The van der Waals surface area contributed by atoms with Gasteiger partial charge in [-0.1, -0.05) is 23.7 Å². The summed E-state index contributed by atoms with van der Waals surface area (Å²) in [4.78, 5) is 13.0. The van der Waals surface area contributed by atoms with Crippen molar-refractivity contribution < 1.29 is 17.9 Å². The maximum absolute atomic E-state index is 13.0. The van der Waals surface area contributed by atoms with Gasteiger partial charge in [-0.25, -0.2) is 8.42 Å². The number of carbonyl (C=O) groups is 1. The zero-order chi connectivity index (χ0) is 22.8. The second kappa shape index (κ2) is 9.27. The van der Waals surface area contributed by atoms with Crippen LogP contribution < -0.4 is 14.4 Å². The average Bonchev–Trinajstić information content (AvgIpc) is 2.63. The van der Waals surface area contributed by atoms with Crippen LogP contribution in [-0.4, -0.2) is 33.7 Å². The molecule has 0 fully saturated rings. The minimum atomic E-state index is -3.80. The number of ether oxygens (including phenoxy) is 1. The van der Waals surface area contributed by atoms with Crippen LogP contribution in [0.2, 0.25) is 5.02 Å². The Morgan fingerprint density at radius 1 is 1.07 bits per heavy atom. The van der Waals surface area contributed by atoms with Gasteiger partial charge in [-0.2, -0.15) is 0 Å². The van der Waals surface area contributed by atoms with Crippen molar-refractivity contribution in [2.45, 2.75) is 46.7 Å². The van der Waals surface area contributed by atoms with Gasteiger partial charge in [0.15, 0.2) is 0 Å². The number of methoxy groups -OCH3 is 1. The second-order valence-electron chi connectivity index (χ2n) is 7.57. The van der Waals surface area contributed by atoms with Crippen molar-refractivity contribution in [2.24, 2.45) is 0 Å². The van der Waals surface area contributed by atoms with E-state index in [2.05, 4.69) is 17.4 Å². The lowest BCUT2D eigenvalue weighted by atomic mass is 9.96. The molecule has 0 aliphatic carbocycles. The number of nitrogens with one attached hydrogen (secondary N) is 1. The number of benzene rings is 2. The first-order valence-electron chi connectivity index (χ1n) is 9.57. The molecular formula is C22H29ClN2O4S. The number of amides is 1. The van der Waals surface area contributed by atoms with Gasteiger partial charge < -0.3 is 10.1 Å². The summed E-state index contributed by atoms with van der Waals surface area (Å²) in [6.45, 7) is 9.47. The van der Waals surface area contributed by atoms with Gasteiger partial charge in [0.05, 0.1) is 25.1 Å². The van der Waals surface area contributed by atoms with Gasteiger partial charge in [-0.05, 0) is 75.1 Å². The Bertz CT molecular complexity index is 1050. The molecule has 2 aromatic rings. The molecule has 0 heterocycles. The summed E-state index contributed by atoms with van der Waals surface area (Å²) >= 11 is 6.08. The maximum atomic E-state index is 13.0. The Balaban J connectivity index is 2.38. The third-order valence-corrected chi connectivity index (χ3v) is 6.64. The molecule has 0 aromatic heterocycles. The normalized spacial score (nSPS) is 13.5. The van der Waals surface area contributed by atoms with Crippen molar-refractivity contribution in [3.05, 3.63) is 57.6 Å². The van der Waals surface area contributed by atoms with Crippen LogP contribution in [0.1, 0.15) is 42.1 Å². The quantitative estimate of drug-likeness (QED) is 0.679. The van der Waals surface area contributed by atoms with Crippen LogP contribution in [0.5, 0.6) is 5.75 Å². The standard InChI is InChI=1S/C22H29ClN2O4S/c1-13-10-15(3)19(11-14(13)2)16(4)24-22(26)17(5)25(30(7,27)28)20-12-18(23)8-9-21(20)29-6/h8-12,16-17H,1-7H3,(H,24,26)/t16-,17+/m0/s1. The van der Waals surface area contributed by atoms with E-state index in [1.807, 2.05) is 27.7 Å². The Kier molecular flexibility index (Phi) is 7.42. The molecule has 30 heavy (non-hydrogen) atoms. The van der Waals surface area contributed by atoms with E-state index >= 15 is 0 Å². The molecule has 0 spiro atoms. The molecule has 0 aliphatic heterocycles.